The Morgan fingerprint density at radius 2 is 2.21 bits per heavy atom. The average molecular weight is 270 g/mol. The van der Waals surface area contributed by atoms with E-state index in [-0.39, 0.29) is 30.2 Å². The maximum atomic E-state index is 11.7. The molecule has 2 unspecified atom stereocenters. The summed E-state index contributed by atoms with van der Waals surface area (Å²) in [5, 5.41) is 13.6. The second-order valence-corrected chi connectivity index (χ2v) is 4.45. The number of hydrogen-bond donors (Lipinski definition) is 3. The standard InChI is InChI=1S/C12H18N2O5/c1-3-7(2)11(12(17)18)13-9(15)5-4-8-6-10(16)14-19-8/h6-7,11H,3-5H2,1-2H3,(H,13,15)(H,14,16)(H,17,18). The average Bonchev–Trinajstić information content (AvgIpc) is 2.78. The predicted molar refractivity (Wildman–Crippen MR) is 66.7 cm³/mol. The van der Waals surface area contributed by atoms with Gasteiger partial charge in [-0.3, -0.25) is 9.59 Å². The molecule has 1 aromatic rings. The SMILES string of the molecule is CCC(C)C(NC(=O)CCc1cc(=O)[nH]o1)C(=O)O. The third-order valence-corrected chi connectivity index (χ3v) is 2.97. The molecule has 0 saturated carbocycles. The van der Waals surface area contributed by atoms with Gasteiger partial charge in [0, 0.05) is 18.9 Å². The first-order valence-electron chi connectivity index (χ1n) is 6.13. The molecule has 0 fully saturated rings. The lowest BCUT2D eigenvalue weighted by atomic mass is 9.99. The zero-order chi connectivity index (χ0) is 14.4. The van der Waals surface area contributed by atoms with Crippen molar-refractivity contribution >= 4 is 11.9 Å². The molecule has 106 valence electrons. The number of nitrogens with one attached hydrogen (secondary N) is 2. The summed E-state index contributed by atoms with van der Waals surface area (Å²) in [7, 11) is 0. The summed E-state index contributed by atoms with van der Waals surface area (Å²) < 4.78 is 4.80. The molecular weight excluding hydrogens is 252 g/mol. The molecular formula is C12H18N2O5. The Morgan fingerprint density at radius 1 is 1.53 bits per heavy atom. The van der Waals surface area contributed by atoms with E-state index in [1.54, 1.807) is 6.92 Å². The molecule has 1 amide bonds. The van der Waals surface area contributed by atoms with Crippen molar-refractivity contribution in [2.75, 3.05) is 0 Å². The number of aryl methyl sites for hydroxylation is 1. The van der Waals surface area contributed by atoms with Crippen molar-refractivity contribution in [1.82, 2.24) is 10.5 Å². The molecule has 0 aliphatic rings. The lowest BCUT2D eigenvalue weighted by Crippen LogP contribution is -2.45. The fraction of sp³-hybridized carbons (Fsp3) is 0.583. The predicted octanol–water partition coefficient (Wildman–Crippen LogP) is 0.516. The molecule has 2 atom stereocenters. The van der Waals surface area contributed by atoms with Crippen LogP contribution in [-0.2, 0) is 16.0 Å². The van der Waals surface area contributed by atoms with Crippen LogP contribution in [-0.4, -0.2) is 28.2 Å². The molecule has 3 N–H and O–H groups in total. The van der Waals surface area contributed by atoms with Gasteiger partial charge in [-0.25, -0.2) is 4.79 Å². The molecule has 0 saturated heterocycles. The molecule has 7 nitrogen and oxygen atoms in total. The van der Waals surface area contributed by atoms with E-state index in [9.17, 15) is 14.4 Å². The summed E-state index contributed by atoms with van der Waals surface area (Å²) in [5.74, 6) is -1.20. The summed E-state index contributed by atoms with van der Waals surface area (Å²) in [6, 6.07) is 0.368. The number of aromatic amines is 1. The number of carboxylic acids is 1. The minimum Gasteiger partial charge on any atom is -0.480 e. The van der Waals surface area contributed by atoms with Gasteiger partial charge in [-0.2, -0.15) is 5.16 Å². The highest BCUT2D eigenvalue weighted by atomic mass is 16.5. The van der Waals surface area contributed by atoms with Crippen LogP contribution in [0.4, 0.5) is 0 Å². The Morgan fingerprint density at radius 3 is 2.68 bits per heavy atom. The number of carbonyl (C=O) groups excluding carboxylic acids is 1. The van der Waals surface area contributed by atoms with E-state index in [2.05, 4.69) is 10.5 Å². The van der Waals surface area contributed by atoms with Crippen molar-refractivity contribution < 1.29 is 19.2 Å². The van der Waals surface area contributed by atoms with Crippen LogP contribution < -0.4 is 10.9 Å². The number of amides is 1. The number of carbonyl (C=O) groups is 2. The summed E-state index contributed by atoms with van der Waals surface area (Å²) in [6.45, 7) is 3.63. The first-order chi connectivity index (χ1) is 8.93. The highest BCUT2D eigenvalue weighted by molar-refractivity contribution is 5.83. The van der Waals surface area contributed by atoms with Crippen molar-refractivity contribution in [3.05, 3.63) is 22.2 Å². The third-order valence-electron chi connectivity index (χ3n) is 2.97. The van der Waals surface area contributed by atoms with E-state index >= 15 is 0 Å². The van der Waals surface area contributed by atoms with E-state index in [1.807, 2.05) is 6.92 Å². The van der Waals surface area contributed by atoms with E-state index in [0.717, 1.165) is 0 Å². The fourth-order valence-corrected chi connectivity index (χ4v) is 1.61. The van der Waals surface area contributed by atoms with Crippen LogP contribution in [0.15, 0.2) is 15.4 Å². The van der Waals surface area contributed by atoms with E-state index in [0.29, 0.717) is 12.2 Å². The largest absolute Gasteiger partial charge is 0.480 e. The fourth-order valence-electron chi connectivity index (χ4n) is 1.61. The zero-order valence-corrected chi connectivity index (χ0v) is 10.9. The van der Waals surface area contributed by atoms with Crippen molar-refractivity contribution in [1.29, 1.82) is 0 Å². The second kappa shape index (κ2) is 6.77. The molecule has 0 spiro atoms. The summed E-state index contributed by atoms with van der Waals surface area (Å²) in [5.41, 5.74) is -0.363. The summed E-state index contributed by atoms with van der Waals surface area (Å²) in [6.07, 6.45) is 0.975. The molecule has 0 radical (unpaired) electrons. The van der Waals surface area contributed by atoms with Gasteiger partial charge >= 0.3 is 5.97 Å². The van der Waals surface area contributed by atoms with Gasteiger partial charge < -0.3 is 14.9 Å². The van der Waals surface area contributed by atoms with Gasteiger partial charge in [0.05, 0.1) is 0 Å². The second-order valence-electron chi connectivity index (χ2n) is 4.45. The van der Waals surface area contributed by atoms with Crippen LogP contribution >= 0.6 is 0 Å². The van der Waals surface area contributed by atoms with Crippen LogP contribution in [0.3, 0.4) is 0 Å². The molecule has 1 rings (SSSR count). The molecule has 0 aliphatic heterocycles. The van der Waals surface area contributed by atoms with Gasteiger partial charge in [-0.15, -0.1) is 0 Å². The molecule has 0 bridgehead atoms. The first-order valence-corrected chi connectivity index (χ1v) is 6.13. The number of hydrogen-bond acceptors (Lipinski definition) is 4. The smallest absolute Gasteiger partial charge is 0.326 e. The number of carboxylic acid groups (broad SMARTS) is 1. The van der Waals surface area contributed by atoms with Crippen molar-refractivity contribution in [2.24, 2.45) is 5.92 Å². The number of rotatable bonds is 7. The minimum atomic E-state index is -1.05. The molecule has 19 heavy (non-hydrogen) atoms. The van der Waals surface area contributed by atoms with Crippen LogP contribution in [0.5, 0.6) is 0 Å². The maximum Gasteiger partial charge on any atom is 0.326 e. The Kier molecular flexibility index (Phi) is 5.35. The lowest BCUT2D eigenvalue weighted by Gasteiger charge is -2.19. The highest BCUT2D eigenvalue weighted by Gasteiger charge is 2.25. The molecule has 1 aromatic heterocycles. The van der Waals surface area contributed by atoms with Gasteiger partial charge in [0.15, 0.2) is 0 Å². The summed E-state index contributed by atoms with van der Waals surface area (Å²) >= 11 is 0. The summed E-state index contributed by atoms with van der Waals surface area (Å²) in [4.78, 5) is 33.5. The van der Waals surface area contributed by atoms with Gasteiger partial charge in [0.25, 0.3) is 5.56 Å². The van der Waals surface area contributed by atoms with Gasteiger partial charge in [0.2, 0.25) is 5.91 Å². The van der Waals surface area contributed by atoms with E-state index in [1.165, 1.54) is 6.07 Å². The van der Waals surface area contributed by atoms with Crippen molar-refractivity contribution in [2.45, 2.75) is 39.2 Å². The van der Waals surface area contributed by atoms with Gasteiger partial charge in [-0.1, -0.05) is 20.3 Å². The topological polar surface area (TPSA) is 112 Å². The lowest BCUT2D eigenvalue weighted by molar-refractivity contribution is -0.143. The normalized spacial score (nSPS) is 13.8. The molecule has 7 heteroatoms. The Labute approximate surface area is 110 Å². The van der Waals surface area contributed by atoms with Crippen LogP contribution in [0.2, 0.25) is 0 Å². The molecule has 0 aliphatic carbocycles. The number of H-pyrrole nitrogens is 1. The zero-order valence-electron chi connectivity index (χ0n) is 10.9. The number of aromatic nitrogens is 1. The van der Waals surface area contributed by atoms with Crippen molar-refractivity contribution in [3.63, 3.8) is 0 Å². The minimum absolute atomic E-state index is 0.0704. The van der Waals surface area contributed by atoms with E-state index in [4.69, 9.17) is 9.63 Å². The Bertz CT molecular complexity index is 490. The van der Waals surface area contributed by atoms with Gasteiger partial charge in [0.1, 0.15) is 11.8 Å². The third kappa shape index (κ3) is 4.61. The van der Waals surface area contributed by atoms with Crippen molar-refractivity contribution in [3.8, 4) is 0 Å². The monoisotopic (exact) mass is 270 g/mol. The maximum absolute atomic E-state index is 11.7. The van der Waals surface area contributed by atoms with Crippen LogP contribution in [0.1, 0.15) is 32.4 Å². The molecule has 1 heterocycles. The Balaban J connectivity index is 2.49. The van der Waals surface area contributed by atoms with Crippen LogP contribution in [0, 0.1) is 5.92 Å². The molecule has 0 aromatic carbocycles. The van der Waals surface area contributed by atoms with Gasteiger partial charge in [-0.05, 0) is 5.92 Å². The van der Waals surface area contributed by atoms with Crippen LogP contribution in [0.25, 0.3) is 0 Å². The Hall–Kier alpha value is -2.05. The number of aliphatic carboxylic acids is 1. The quantitative estimate of drug-likeness (QED) is 0.668. The highest BCUT2D eigenvalue weighted by Crippen LogP contribution is 2.08. The van der Waals surface area contributed by atoms with E-state index < -0.39 is 12.0 Å². The first kappa shape index (κ1) is 15.0.